The van der Waals surface area contributed by atoms with Crippen molar-refractivity contribution in [2.75, 3.05) is 73.1 Å². The van der Waals surface area contributed by atoms with Crippen molar-refractivity contribution < 1.29 is 4.74 Å². The third kappa shape index (κ3) is 11.1. The van der Waals surface area contributed by atoms with Crippen LogP contribution >= 0.6 is 24.0 Å². The summed E-state index contributed by atoms with van der Waals surface area (Å²) >= 11 is 0. The first-order valence-corrected chi connectivity index (χ1v) is 8.58. The zero-order valence-electron chi connectivity index (χ0n) is 15.3. The first-order chi connectivity index (χ1) is 10.7. The lowest BCUT2D eigenvalue weighted by Crippen LogP contribution is -2.47. The number of nitrogens with one attached hydrogen (secondary N) is 2. The predicted molar refractivity (Wildman–Crippen MR) is 109 cm³/mol. The third-order valence-corrected chi connectivity index (χ3v) is 3.97. The summed E-state index contributed by atoms with van der Waals surface area (Å²) in [6, 6.07) is 0. The van der Waals surface area contributed by atoms with E-state index in [9.17, 15) is 0 Å². The van der Waals surface area contributed by atoms with Crippen LogP contribution in [0, 0.1) is 5.92 Å². The summed E-state index contributed by atoms with van der Waals surface area (Å²) in [6.45, 7) is 13.7. The van der Waals surface area contributed by atoms with Crippen molar-refractivity contribution in [1.29, 1.82) is 0 Å². The van der Waals surface area contributed by atoms with E-state index >= 15 is 0 Å². The van der Waals surface area contributed by atoms with E-state index < -0.39 is 0 Å². The van der Waals surface area contributed by atoms with Crippen LogP contribution in [0.25, 0.3) is 0 Å². The number of nitrogens with zero attached hydrogens (tertiary/aromatic N) is 3. The Balaban J connectivity index is 0.00000484. The summed E-state index contributed by atoms with van der Waals surface area (Å²) < 4.78 is 5.33. The molecule has 0 aromatic rings. The molecule has 138 valence electrons. The van der Waals surface area contributed by atoms with Crippen molar-refractivity contribution in [2.24, 2.45) is 10.9 Å². The Morgan fingerprint density at radius 2 is 1.91 bits per heavy atom. The van der Waals surface area contributed by atoms with Gasteiger partial charge in [-0.3, -0.25) is 4.99 Å². The first-order valence-electron chi connectivity index (χ1n) is 8.58. The number of guanidine groups is 1. The Morgan fingerprint density at radius 1 is 1.22 bits per heavy atom. The van der Waals surface area contributed by atoms with Gasteiger partial charge in [0.2, 0.25) is 0 Å². The van der Waals surface area contributed by atoms with Crippen LogP contribution in [0.15, 0.2) is 4.99 Å². The van der Waals surface area contributed by atoms with E-state index in [2.05, 4.69) is 39.4 Å². The van der Waals surface area contributed by atoms with E-state index in [1.807, 2.05) is 14.0 Å². The van der Waals surface area contributed by atoms with E-state index in [0.29, 0.717) is 5.92 Å². The summed E-state index contributed by atoms with van der Waals surface area (Å²) in [7, 11) is 4.02. The number of hydrogen-bond acceptors (Lipinski definition) is 4. The Morgan fingerprint density at radius 3 is 2.52 bits per heavy atom. The van der Waals surface area contributed by atoms with Gasteiger partial charge in [0.05, 0.1) is 0 Å². The van der Waals surface area contributed by atoms with Gasteiger partial charge in [0, 0.05) is 66.1 Å². The molecular weight excluding hydrogens is 405 g/mol. The van der Waals surface area contributed by atoms with Crippen molar-refractivity contribution in [3.8, 4) is 0 Å². The molecule has 0 aromatic carbocycles. The van der Waals surface area contributed by atoms with Gasteiger partial charge < -0.3 is 25.2 Å². The Labute approximate surface area is 159 Å². The van der Waals surface area contributed by atoms with Gasteiger partial charge in [-0.2, -0.15) is 0 Å². The largest absolute Gasteiger partial charge is 0.382 e. The van der Waals surface area contributed by atoms with E-state index in [0.717, 1.165) is 45.2 Å². The average Bonchev–Trinajstić information content (AvgIpc) is 2.52. The predicted octanol–water partition coefficient (Wildman–Crippen LogP) is 1.08. The molecule has 0 spiro atoms. The first kappa shape index (κ1) is 22.9. The molecule has 0 radical (unpaired) electrons. The van der Waals surface area contributed by atoms with E-state index in [1.165, 1.54) is 26.2 Å². The van der Waals surface area contributed by atoms with Gasteiger partial charge in [-0.1, -0.05) is 6.92 Å². The topological polar surface area (TPSA) is 52.1 Å². The highest BCUT2D eigenvalue weighted by Crippen LogP contribution is 2.03. The number of ether oxygens (including phenoxy) is 1. The fourth-order valence-corrected chi connectivity index (χ4v) is 2.55. The quantitative estimate of drug-likeness (QED) is 0.243. The van der Waals surface area contributed by atoms with Gasteiger partial charge >= 0.3 is 0 Å². The third-order valence-electron chi connectivity index (χ3n) is 3.97. The Bertz CT molecular complexity index is 309. The minimum Gasteiger partial charge on any atom is -0.382 e. The van der Waals surface area contributed by atoms with Crippen molar-refractivity contribution in [3.05, 3.63) is 0 Å². The highest BCUT2D eigenvalue weighted by atomic mass is 127. The van der Waals surface area contributed by atoms with Crippen LogP contribution in [0.1, 0.15) is 20.3 Å². The molecule has 23 heavy (non-hydrogen) atoms. The molecule has 1 atom stereocenters. The maximum atomic E-state index is 5.33. The van der Waals surface area contributed by atoms with Gasteiger partial charge in [0.15, 0.2) is 5.96 Å². The van der Waals surface area contributed by atoms with Gasteiger partial charge in [-0.25, -0.2) is 0 Å². The van der Waals surface area contributed by atoms with Crippen LogP contribution in [0.2, 0.25) is 0 Å². The lowest BCUT2D eigenvalue weighted by Gasteiger charge is -2.34. The number of aliphatic imine (C=N–C) groups is 1. The SMILES string of the molecule is CCOCCCNC(=NC)NCC(C)CN1CCN(C)CC1.I. The Kier molecular flexibility index (Phi) is 14.2. The van der Waals surface area contributed by atoms with Crippen LogP contribution in [-0.4, -0.2) is 88.9 Å². The number of halogens is 1. The van der Waals surface area contributed by atoms with Crippen LogP contribution in [0.4, 0.5) is 0 Å². The second-order valence-corrected chi connectivity index (χ2v) is 6.14. The zero-order valence-corrected chi connectivity index (χ0v) is 17.6. The van der Waals surface area contributed by atoms with E-state index in [4.69, 9.17) is 4.74 Å². The molecule has 0 aromatic heterocycles. The maximum absolute atomic E-state index is 5.33. The highest BCUT2D eigenvalue weighted by Gasteiger charge is 2.16. The molecule has 0 amide bonds. The summed E-state index contributed by atoms with van der Waals surface area (Å²) in [5.74, 6) is 1.51. The lowest BCUT2D eigenvalue weighted by atomic mass is 10.1. The number of rotatable bonds is 9. The highest BCUT2D eigenvalue weighted by molar-refractivity contribution is 14.0. The lowest BCUT2D eigenvalue weighted by molar-refractivity contribution is 0.139. The summed E-state index contributed by atoms with van der Waals surface area (Å²) in [6.07, 6.45) is 1.01. The van der Waals surface area contributed by atoms with Gasteiger partial charge in [-0.05, 0) is 26.3 Å². The minimum atomic E-state index is 0. The van der Waals surface area contributed by atoms with E-state index in [-0.39, 0.29) is 24.0 Å². The summed E-state index contributed by atoms with van der Waals surface area (Å²) in [4.78, 5) is 9.22. The molecule has 1 saturated heterocycles. The van der Waals surface area contributed by atoms with Crippen molar-refractivity contribution in [1.82, 2.24) is 20.4 Å². The normalized spacial score (nSPS) is 18.3. The van der Waals surface area contributed by atoms with E-state index in [1.54, 1.807) is 0 Å². The maximum Gasteiger partial charge on any atom is 0.190 e. The molecule has 2 N–H and O–H groups in total. The molecule has 0 saturated carbocycles. The molecular formula is C16H36IN5O. The van der Waals surface area contributed by atoms with Gasteiger partial charge in [-0.15, -0.1) is 24.0 Å². The molecule has 1 aliphatic heterocycles. The minimum absolute atomic E-state index is 0. The molecule has 1 aliphatic rings. The second-order valence-electron chi connectivity index (χ2n) is 6.14. The molecule has 7 heteroatoms. The molecule has 1 rings (SSSR count). The van der Waals surface area contributed by atoms with Gasteiger partial charge in [0.1, 0.15) is 0 Å². The number of hydrogen-bond donors (Lipinski definition) is 2. The molecule has 1 heterocycles. The smallest absolute Gasteiger partial charge is 0.190 e. The van der Waals surface area contributed by atoms with Gasteiger partial charge in [0.25, 0.3) is 0 Å². The summed E-state index contributed by atoms with van der Waals surface area (Å²) in [5.41, 5.74) is 0. The molecule has 0 aliphatic carbocycles. The second kappa shape index (κ2) is 14.2. The standard InChI is InChI=1S/C16H35N5O.HI/c1-5-22-12-6-7-18-16(17-3)19-13-15(2)14-21-10-8-20(4)9-11-21;/h15H,5-14H2,1-4H3,(H2,17,18,19);1H. The summed E-state index contributed by atoms with van der Waals surface area (Å²) in [5, 5.41) is 6.75. The molecule has 0 bridgehead atoms. The zero-order chi connectivity index (χ0) is 16.2. The van der Waals surface area contributed by atoms with Crippen molar-refractivity contribution in [2.45, 2.75) is 20.3 Å². The van der Waals surface area contributed by atoms with Crippen LogP contribution in [-0.2, 0) is 4.74 Å². The van der Waals surface area contributed by atoms with Crippen LogP contribution in [0.5, 0.6) is 0 Å². The monoisotopic (exact) mass is 441 g/mol. The fraction of sp³-hybridized carbons (Fsp3) is 0.938. The number of likely N-dealkylation sites (N-methyl/N-ethyl adjacent to an activating group) is 1. The molecule has 1 fully saturated rings. The molecule has 1 unspecified atom stereocenters. The fourth-order valence-electron chi connectivity index (χ4n) is 2.55. The number of piperazine rings is 1. The Hall–Kier alpha value is -0.120. The van der Waals surface area contributed by atoms with Crippen molar-refractivity contribution in [3.63, 3.8) is 0 Å². The van der Waals surface area contributed by atoms with Crippen molar-refractivity contribution >= 4 is 29.9 Å². The van der Waals surface area contributed by atoms with Crippen LogP contribution in [0.3, 0.4) is 0 Å². The molecule has 6 nitrogen and oxygen atoms in total. The average molecular weight is 441 g/mol. The van der Waals surface area contributed by atoms with Crippen LogP contribution < -0.4 is 10.6 Å².